The van der Waals surface area contributed by atoms with Gasteiger partial charge in [-0.3, -0.25) is 9.59 Å². The van der Waals surface area contributed by atoms with E-state index in [1.54, 1.807) is 31.1 Å². The molecule has 30 heavy (non-hydrogen) atoms. The molecule has 0 unspecified atom stereocenters. The monoisotopic (exact) mass is 430 g/mol. The molecule has 0 heterocycles. The molecule has 0 radical (unpaired) electrons. The number of benzene rings is 2. The van der Waals surface area contributed by atoms with E-state index in [0.29, 0.717) is 24.0 Å². The van der Waals surface area contributed by atoms with E-state index in [1.165, 1.54) is 0 Å². The molecule has 0 aliphatic heterocycles. The molecule has 1 atom stereocenters. The summed E-state index contributed by atoms with van der Waals surface area (Å²) in [7, 11) is 1.61. The summed E-state index contributed by atoms with van der Waals surface area (Å²) < 4.78 is 5.20. The van der Waals surface area contributed by atoms with Gasteiger partial charge in [-0.05, 0) is 54.7 Å². The van der Waals surface area contributed by atoms with E-state index in [1.807, 2.05) is 36.4 Å². The van der Waals surface area contributed by atoms with Crippen molar-refractivity contribution < 1.29 is 14.3 Å². The van der Waals surface area contributed by atoms with Crippen LogP contribution in [-0.4, -0.2) is 36.4 Å². The first-order chi connectivity index (χ1) is 14.3. The summed E-state index contributed by atoms with van der Waals surface area (Å²) in [6.07, 6.45) is 1.10. The maximum absolute atomic E-state index is 13.1. The zero-order valence-electron chi connectivity index (χ0n) is 18.2. The molecular formula is C24H31ClN2O3. The predicted molar refractivity (Wildman–Crippen MR) is 121 cm³/mol. The van der Waals surface area contributed by atoms with Gasteiger partial charge in [0.05, 0.1) is 13.5 Å². The first-order valence-corrected chi connectivity index (χ1v) is 10.6. The average Bonchev–Trinajstić information content (AvgIpc) is 2.73. The van der Waals surface area contributed by atoms with Crippen molar-refractivity contribution in [3.63, 3.8) is 0 Å². The van der Waals surface area contributed by atoms with E-state index in [4.69, 9.17) is 16.3 Å². The summed E-state index contributed by atoms with van der Waals surface area (Å²) in [5, 5.41) is 3.58. The van der Waals surface area contributed by atoms with Crippen molar-refractivity contribution >= 4 is 23.4 Å². The molecule has 0 fully saturated rings. The highest BCUT2D eigenvalue weighted by molar-refractivity contribution is 6.30. The van der Waals surface area contributed by atoms with Crippen molar-refractivity contribution in [1.82, 2.24) is 10.2 Å². The number of carbonyl (C=O) groups excluding carboxylic acids is 2. The summed E-state index contributed by atoms with van der Waals surface area (Å²) in [5.74, 6) is 0.994. The summed E-state index contributed by atoms with van der Waals surface area (Å²) in [6, 6.07) is 14.1. The number of ether oxygens (including phenoxy) is 1. The van der Waals surface area contributed by atoms with Crippen molar-refractivity contribution in [3.05, 3.63) is 64.7 Å². The van der Waals surface area contributed by atoms with Gasteiger partial charge < -0.3 is 15.0 Å². The van der Waals surface area contributed by atoms with Crippen LogP contribution < -0.4 is 10.1 Å². The van der Waals surface area contributed by atoms with Crippen molar-refractivity contribution in [2.24, 2.45) is 5.92 Å². The summed E-state index contributed by atoms with van der Waals surface area (Å²) in [5.41, 5.74) is 1.79. The van der Waals surface area contributed by atoms with Crippen LogP contribution in [0.1, 0.15) is 38.3 Å². The van der Waals surface area contributed by atoms with Gasteiger partial charge in [-0.1, -0.05) is 49.7 Å². The Kier molecular flexibility index (Phi) is 9.18. The van der Waals surface area contributed by atoms with E-state index in [-0.39, 0.29) is 18.2 Å². The highest BCUT2D eigenvalue weighted by atomic mass is 35.5. The lowest BCUT2D eigenvalue weighted by atomic mass is 10.1. The second-order valence-corrected chi connectivity index (χ2v) is 8.26. The highest BCUT2D eigenvalue weighted by Gasteiger charge is 2.26. The van der Waals surface area contributed by atoms with Gasteiger partial charge in [0, 0.05) is 18.1 Å². The molecule has 6 heteroatoms. The summed E-state index contributed by atoms with van der Waals surface area (Å²) in [4.78, 5) is 27.5. The number of methoxy groups -OCH3 is 1. The molecule has 162 valence electrons. The molecule has 2 aromatic carbocycles. The first-order valence-electron chi connectivity index (χ1n) is 10.2. The van der Waals surface area contributed by atoms with Crippen molar-refractivity contribution in [1.29, 1.82) is 0 Å². The molecule has 0 spiro atoms. The summed E-state index contributed by atoms with van der Waals surface area (Å²) in [6.45, 7) is 6.94. The molecule has 0 aliphatic carbocycles. The van der Waals surface area contributed by atoms with Crippen molar-refractivity contribution in [2.75, 3.05) is 13.7 Å². The van der Waals surface area contributed by atoms with E-state index in [2.05, 4.69) is 19.2 Å². The Morgan fingerprint density at radius 2 is 1.60 bits per heavy atom. The first kappa shape index (κ1) is 23.7. The van der Waals surface area contributed by atoms with Crippen LogP contribution in [0.5, 0.6) is 5.75 Å². The largest absolute Gasteiger partial charge is 0.497 e. The Hall–Kier alpha value is -2.53. The molecule has 2 amide bonds. The molecular weight excluding hydrogens is 400 g/mol. The number of rotatable bonds is 10. The number of carbonyl (C=O) groups is 2. The zero-order valence-corrected chi connectivity index (χ0v) is 18.9. The van der Waals surface area contributed by atoms with Crippen LogP contribution in [0.3, 0.4) is 0 Å². The topological polar surface area (TPSA) is 58.6 Å². The third kappa shape index (κ3) is 7.38. The second-order valence-electron chi connectivity index (χ2n) is 7.82. The lowest BCUT2D eigenvalue weighted by Crippen LogP contribution is -2.48. The Bertz CT molecular complexity index is 819. The van der Waals surface area contributed by atoms with Crippen LogP contribution in [0.2, 0.25) is 5.02 Å². The van der Waals surface area contributed by atoms with Crippen LogP contribution in [-0.2, 0) is 22.6 Å². The van der Waals surface area contributed by atoms with Gasteiger partial charge in [-0.25, -0.2) is 0 Å². The maximum atomic E-state index is 13.1. The molecule has 1 N–H and O–H groups in total. The smallest absolute Gasteiger partial charge is 0.242 e. The van der Waals surface area contributed by atoms with Gasteiger partial charge in [-0.2, -0.15) is 0 Å². The summed E-state index contributed by atoms with van der Waals surface area (Å²) >= 11 is 5.95. The van der Waals surface area contributed by atoms with Crippen molar-refractivity contribution in [2.45, 2.75) is 46.2 Å². The van der Waals surface area contributed by atoms with Crippen LogP contribution in [0.15, 0.2) is 48.5 Å². The van der Waals surface area contributed by atoms with E-state index in [9.17, 15) is 9.59 Å². The number of nitrogens with zero attached hydrogens (tertiary/aromatic N) is 1. The Labute approximate surface area is 184 Å². The average molecular weight is 431 g/mol. The van der Waals surface area contributed by atoms with Crippen LogP contribution in [0.4, 0.5) is 0 Å². The number of hydrogen-bond acceptors (Lipinski definition) is 3. The van der Waals surface area contributed by atoms with Gasteiger partial charge >= 0.3 is 0 Å². The normalized spacial score (nSPS) is 11.8. The highest BCUT2D eigenvalue weighted by Crippen LogP contribution is 2.17. The Balaban J connectivity index is 2.15. The SMILES string of the molecule is COc1ccc(CN(C(=O)Cc2ccc(Cl)cc2)[C@H](C)C(=O)NCCC(C)C)cc1. The van der Waals surface area contributed by atoms with Gasteiger partial charge in [0.25, 0.3) is 0 Å². The maximum Gasteiger partial charge on any atom is 0.242 e. The van der Waals surface area contributed by atoms with Gasteiger partial charge in [0.1, 0.15) is 11.8 Å². The standard InChI is InChI=1S/C24H31ClN2O3/c1-17(2)13-14-26-24(29)18(3)27(16-20-7-11-22(30-4)12-8-20)23(28)15-19-5-9-21(25)10-6-19/h5-12,17-18H,13-16H2,1-4H3,(H,26,29)/t18-/m1/s1. The van der Waals surface area contributed by atoms with E-state index >= 15 is 0 Å². The third-order valence-corrected chi connectivity index (χ3v) is 5.22. The fourth-order valence-electron chi connectivity index (χ4n) is 3.02. The van der Waals surface area contributed by atoms with Gasteiger partial charge in [0.2, 0.25) is 11.8 Å². The molecule has 2 rings (SSSR count). The van der Waals surface area contributed by atoms with Crippen LogP contribution in [0.25, 0.3) is 0 Å². The van der Waals surface area contributed by atoms with E-state index in [0.717, 1.165) is 23.3 Å². The van der Waals surface area contributed by atoms with E-state index < -0.39 is 6.04 Å². The van der Waals surface area contributed by atoms with Crippen LogP contribution >= 0.6 is 11.6 Å². The lowest BCUT2D eigenvalue weighted by molar-refractivity contribution is -0.140. The Morgan fingerprint density at radius 3 is 2.17 bits per heavy atom. The molecule has 0 saturated heterocycles. The lowest BCUT2D eigenvalue weighted by Gasteiger charge is -2.29. The molecule has 0 saturated carbocycles. The molecule has 2 aromatic rings. The fraction of sp³-hybridized carbons (Fsp3) is 0.417. The Morgan fingerprint density at radius 1 is 1.00 bits per heavy atom. The second kappa shape index (κ2) is 11.6. The number of hydrogen-bond donors (Lipinski definition) is 1. The minimum absolute atomic E-state index is 0.111. The molecule has 5 nitrogen and oxygen atoms in total. The molecule has 0 aliphatic rings. The molecule has 0 aromatic heterocycles. The van der Waals surface area contributed by atoms with Gasteiger partial charge in [-0.15, -0.1) is 0 Å². The zero-order chi connectivity index (χ0) is 22.1. The van der Waals surface area contributed by atoms with Gasteiger partial charge in [0.15, 0.2) is 0 Å². The van der Waals surface area contributed by atoms with Crippen molar-refractivity contribution in [3.8, 4) is 5.75 Å². The van der Waals surface area contributed by atoms with Crippen LogP contribution in [0, 0.1) is 5.92 Å². The quantitative estimate of drug-likeness (QED) is 0.605. The fourth-order valence-corrected chi connectivity index (χ4v) is 3.15. The minimum atomic E-state index is -0.584. The number of nitrogens with one attached hydrogen (secondary N) is 1. The third-order valence-electron chi connectivity index (χ3n) is 4.97. The molecule has 0 bridgehead atoms. The number of amides is 2. The number of halogens is 1. The predicted octanol–water partition coefficient (Wildman–Crippen LogP) is 4.47. The minimum Gasteiger partial charge on any atom is -0.497 e.